The summed E-state index contributed by atoms with van der Waals surface area (Å²) in [5, 5.41) is 1.30. The van der Waals surface area contributed by atoms with Crippen molar-refractivity contribution in [2.24, 2.45) is 5.92 Å². The van der Waals surface area contributed by atoms with E-state index in [1.807, 2.05) is 12.1 Å². The average Bonchev–Trinajstić information content (AvgIpc) is 2.17. The molecule has 82 valence electrons. The number of halogens is 2. The first-order chi connectivity index (χ1) is 7.06. The molecule has 0 N–H and O–H groups in total. The Morgan fingerprint density at radius 1 is 1.40 bits per heavy atom. The first kappa shape index (κ1) is 13.0. The van der Waals surface area contributed by atoms with Crippen LogP contribution in [-0.2, 0) is 0 Å². The first-order valence-electron chi connectivity index (χ1n) is 5.05. The van der Waals surface area contributed by atoms with Gasteiger partial charge in [0.05, 0.1) is 5.02 Å². The predicted molar refractivity (Wildman–Crippen MR) is 72.2 cm³/mol. The lowest BCUT2D eigenvalue weighted by molar-refractivity contribution is 0.674. The summed E-state index contributed by atoms with van der Waals surface area (Å²) in [4.78, 5) is 0.929. The van der Waals surface area contributed by atoms with E-state index in [1.165, 1.54) is 0 Å². The van der Waals surface area contributed by atoms with E-state index in [0.29, 0.717) is 16.0 Å². The minimum atomic E-state index is 0.392. The maximum Gasteiger partial charge on any atom is 0.0504 e. The quantitative estimate of drug-likeness (QED) is 0.533. The van der Waals surface area contributed by atoms with Crippen molar-refractivity contribution in [2.45, 2.75) is 26.7 Å². The summed E-state index contributed by atoms with van der Waals surface area (Å²) in [6.07, 6.45) is 2.23. The van der Waals surface area contributed by atoms with Gasteiger partial charge >= 0.3 is 0 Å². The highest BCUT2D eigenvalue weighted by molar-refractivity contribution is 7.80. The second kappa shape index (κ2) is 5.83. The van der Waals surface area contributed by atoms with Crippen LogP contribution in [0.25, 0.3) is 0 Å². The van der Waals surface area contributed by atoms with Crippen LogP contribution in [0.1, 0.15) is 32.3 Å². The van der Waals surface area contributed by atoms with Crippen molar-refractivity contribution >= 4 is 40.3 Å². The monoisotopic (exact) mass is 260 g/mol. The molecule has 0 saturated carbocycles. The molecule has 0 heterocycles. The highest BCUT2D eigenvalue weighted by Gasteiger charge is 2.13. The zero-order valence-electron chi connectivity index (χ0n) is 8.89. The highest BCUT2D eigenvalue weighted by atomic mass is 35.5. The molecule has 0 aliphatic heterocycles. The molecule has 1 unspecified atom stereocenters. The Morgan fingerprint density at radius 3 is 2.60 bits per heavy atom. The number of hydrogen-bond acceptors (Lipinski definition) is 1. The molecule has 0 fully saturated rings. The Bertz CT molecular complexity index is 361. The van der Waals surface area contributed by atoms with Crippen molar-refractivity contribution in [3.8, 4) is 0 Å². The minimum absolute atomic E-state index is 0.392. The van der Waals surface area contributed by atoms with Gasteiger partial charge in [-0.25, -0.2) is 0 Å². The zero-order valence-corrected chi connectivity index (χ0v) is 11.2. The first-order valence-corrected chi connectivity index (χ1v) is 6.22. The maximum absolute atomic E-state index is 6.10. The summed E-state index contributed by atoms with van der Waals surface area (Å²) in [6, 6.07) is 5.47. The molecule has 0 aliphatic carbocycles. The van der Waals surface area contributed by atoms with Gasteiger partial charge in [-0.1, -0.05) is 61.8 Å². The fourth-order valence-electron chi connectivity index (χ4n) is 1.52. The van der Waals surface area contributed by atoms with Gasteiger partial charge in [0.2, 0.25) is 0 Å². The molecule has 1 aromatic carbocycles. The third-order valence-corrected chi connectivity index (χ3v) is 3.54. The fourth-order valence-corrected chi connectivity index (χ4v) is 2.38. The second-order valence-corrected chi connectivity index (χ2v) is 4.96. The summed E-state index contributed by atoms with van der Waals surface area (Å²) in [6.45, 7) is 4.29. The van der Waals surface area contributed by atoms with Gasteiger partial charge in [-0.05, 0) is 24.5 Å². The Kier molecular flexibility index (Phi) is 5.04. The van der Waals surface area contributed by atoms with Crippen molar-refractivity contribution < 1.29 is 0 Å². The van der Waals surface area contributed by atoms with Crippen LogP contribution in [0, 0.1) is 5.92 Å². The molecule has 0 aromatic heterocycles. The molecule has 0 radical (unpaired) electrons. The molecule has 0 spiro atoms. The number of hydrogen-bond donors (Lipinski definition) is 0. The fraction of sp³-hybridized carbons (Fsp3) is 0.417. The van der Waals surface area contributed by atoms with Gasteiger partial charge in [-0.3, -0.25) is 0 Å². The van der Waals surface area contributed by atoms with E-state index in [1.54, 1.807) is 6.07 Å². The summed E-state index contributed by atoms with van der Waals surface area (Å²) in [5.74, 6) is 0.392. The second-order valence-electron chi connectivity index (χ2n) is 3.68. The summed E-state index contributed by atoms with van der Waals surface area (Å²) >= 11 is 17.3. The van der Waals surface area contributed by atoms with E-state index in [0.717, 1.165) is 23.3 Å². The lowest BCUT2D eigenvalue weighted by Crippen LogP contribution is -2.10. The molecule has 15 heavy (non-hydrogen) atoms. The van der Waals surface area contributed by atoms with Gasteiger partial charge in [-0.2, -0.15) is 0 Å². The van der Waals surface area contributed by atoms with Crippen LogP contribution in [0.2, 0.25) is 10.0 Å². The van der Waals surface area contributed by atoms with Crippen molar-refractivity contribution in [3.05, 3.63) is 33.8 Å². The van der Waals surface area contributed by atoms with Gasteiger partial charge in [-0.15, -0.1) is 0 Å². The van der Waals surface area contributed by atoms with Crippen molar-refractivity contribution in [2.75, 3.05) is 0 Å². The number of benzene rings is 1. The highest BCUT2D eigenvalue weighted by Crippen LogP contribution is 2.25. The molecule has 0 saturated heterocycles. The Labute approximate surface area is 107 Å². The van der Waals surface area contributed by atoms with Crippen molar-refractivity contribution in [1.29, 1.82) is 0 Å². The van der Waals surface area contributed by atoms with E-state index in [9.17, 15) is 0 Å². The van der Waals surface area contributed by atoms with E-state index >= 15 is 0 Å². The van der Waals surface area contributed by atoms with Gasteiger partial charge in [0.15, 0.2) is 0 Å². The van der Waals surface area contributed by atoms with Gasteiger partial charge < -0.3 is 0 Å². The topological polar surface area (TPSA) is 0 Å². The summed E-state index contributed by atoms with van der Waals surface area (Å²) < 4.78 is 0. The zero-order chi connectivity index (χ0) is 11.4. The standard InChI is InChI=1S/C12H14Cl2S/c1-3-4-8(2)12(15)10-6-5-9(13)7-11(10)14/h5-8H,3-4H2,1-2H3. The molecule has 1 rings (SSSR count). The third kappa shape index (κ3) is 3.44. The Morgan fingerprint density at radius 2 is 2.07 bits per heavy atom. The Balaban J connectivity index is 2.91. The van der Waals surface area contributed by atoms with Crippen LogP contribution in [0.3, 0.4) is 0 Å². The lowest BCUT2D eigenvalue weighted by Gasteiger charge is -2.13. The SMILES string of the molecule is CCCC(C)C(=S)c1ccc(Cl)cc1Cl. The van der Waals surface area contributed by atoms with Gasteiger partial charge in [0.25, 0.3) is 0 Å². The smallest absolute Gasteiger partial charge is 0.0504 e. The van der Waals surface area contributed by atoms with E-state index in [4.69, 9.17) is 35.4 Å². The summed E-state index contributed by atoms with van der Waals surface area (Å²) in [5.41, 5.74) is 0.942. The average molecular weight is 261 g/mol. The predicted octanol–water partition coefficient (Wildman–Crippen LogP) is 5.15. The van der Waals surface area contributed by atoms with E-state index < -0.39 is 0 Å². The molecule has 0 aliphatic rings. The number of thiocarbonyl (C=S) groups is 1. The largest absolute Gasteiger partial charge is 0.0843 e. The van der Waals surface area contributed by atoms with E-state index in [2.05, 4.69) is 13.8 Å². The molecule has 0 nitrogen and oxygen atoms in total. The Hall–Kier alpha value is -0.110. The minimum Gasteiger partial charge on any atom is -0.0843 e. The van der Waals surface area contributed by atoms with Crippen LogP contribution in [-0.4, -0.2) is 4.86 Å². The molecule has 1 atom stereocenters. The molecule has 1 aromatic rings. The third-order valence-electron chi connectivity index (χ3n) is 2.37. The van der Waals surface area contributed by atoms with Crippen LogP contribution < -0.4 is 0 Å². The van der Waals surface area contributed by atoms with Crippen LogP contribution in [0.5, 0.6) is 0 Å². The normalized spacial score (nSPS) is 12.5. The van der Waals surface area contributed by atoms with Crippen LogP contribution >= 0.6 is 35.4 Å². The van der Waals surface area contributed by atoms with Crippen molar-refractivity contribution in [3.63, 3.8) is 0 Å². The van der Waals surface area contributed by atoms with Crippen LogP contribution in [0.15, 0.2) is 18.2 Å². The molecular formula is C12H14Cl2S. The van der Waals surface area contributed by atoms with Crippen molar-refractivity contribution in [1.82, 2.24) is 0 Å². The number of rotatable bonds is 4. The van der Waals surface area contributed by atoms with Gasteiger partial charge in [0.1, 0.15) is 0 Å². The molecule has 0 amide bonds. The van der Waals surface area contributed by atoms with E-state index in [-0.39, 0.29) is 0 Å². The molecule has 3 heteroatoms. The molecule has 0 bridgehead atoms. The summed E-state index contributed by atoms with van der Waals surface area (Å²) in [7, 11) is 0. The lowest BCUT2D eigenvalue weighted by atomic mass is 9.97. The van der Waals surface area contributed by atoms with Crippen LogP contribution in [0.4, 0.5) is 0 Å². The van der Waals surface area contributed by atoms with Gasteiger partial charge in [0, 0.05) is 15.5 Å². The molecular weight excluding hydrogens is 247 g/mol. The maximum atomic E-state index is 6.10.